The van der Waals surface area contributed by atoms with Crippen molar-refractivity contribution in [2.75, 3.05) is 26.8 Å². The molecule has 0 saturated heterocycles. The molecule has 2 nitrogen and oxygen atoms in total. The zero-order valence-corrected chi connectivity index (χ0v) is 12.3. The average Bonchev–Trinajstić information content (AvgIpc) is 2.38. The van der Waals surface area contributed by atoms with Crippen LogP contribution in [-0.2, 0) is 11.2 Å². The first-order chi connectivity index (χ1) is 8.59. The highest BCUT2D eigenvalue weighted by molar-refractivity contribution is 5.22. The van der Waals surface area contributed by atoms with Crippen LogP contribution in [0, 0.1) is 12.3 Å². The van der Waals surface area contributed by atoms with Crippen molar-refractivity contribution >= 4 is 0 Å². The standard InChI is InChI=1S/C16H27NO/c1-5-16(3,13-17-10-11-18-4)12-15-8-6-14(2)7-9-15/h6-9,17H,5,10-13H2,1-4H3. The molecule has 1 aromatic carbocycles. The highest BCUT2D eigenvalue weighted by atomic mass is 16.5. The number of ether oxygens (including phenoxy) is 1. The van der Waals surface area contributed by atoms with Crippen LogP contribution in [0.4, 0.5) is 0 Å². The summed E-state index contributed by atoms with van der Waals surface area (Å²) in [7, 11) is 1.74. The van der Waals surface area contributed by atoms with Gasteiger partial charge in [-0.15, -0.1) is 0 Å². The Bertz CT molecular complexity index is 333. The second kappa shape index (κ2) is 7.55. The summed E-state index contributed by atoms with van der Waals surface area (Å²) in [4.78, 5) is 0. The number of benzene rings is 1. The Morgan fingerprint density at radius 2 is 1.89 bits per heavy atom. The fourth-order valence-corrected chi connectivity index (χ4v) is 2.08. The Hall–Kier alpha value is -0.860. The van der Waals surface area contributed by atoms with Crippen LogP contribution in [0.2, 0.25) is 0 Å². The fourth-order valence-electron chi connectivity index (χ4n) is 2.08. The molecule has 1 rings (SSSR count). The van der Waals surface area contributed by atoms with Crippen molar-refractivity contribution in [2.24, 2.45) is 5.41 Å². The first kappa shape index (κ1) is 15.2. The maximum Gasteiger partial charge on any atom is 0.0587 e. The van der Waals surface area contributed by atoms with E-state index in [0.717, 1.165) is 26.1 Å². The van der Waals surface area contributed by atoms with E-state index in [-0.39, 0.29) is 0 Å². The Kier molecular flexibility index (Phi) is 6.37. The molecule has 0 aliphatic heterocycles. The molecule has 2 heteroatoms. The second-order valence-electron chi connectivity index (χ2n) is 5.50. The lowest BCUT2D eigenvalue weighted by Crippen LogP contribution is -2.34. The Labute approximate surface area is 112 Å². The van der Waals surface area contributed by atoms with Crippen LogP contribution in [0.1, 0.15) is 31.4 Å². The molecule has 1 aromatic rings. The van der Waals surface area contributed by atoms with E-state index in [4.69, 9.17) is 4.74 Å². The van der Waals surface area contributed by atoms with E-state index in [1.165, 1.54) is 17.5 Å². The van der Waals surface area contributed by atoms with Crippen LogP contribution in [0.25, 0.3) is 0 Å². The van der Waals surface area contributed by atoms with Gasteiger partial charge in [-0.25, -0.2) is 0 Å². The summed E-state index contributed by atoms with van der Waals surface area (Å²) >= 11 is 0. The quantitative estimate of drug-likeness (QED) is 0.714. The van der Waals surface area contributed by atoms with Crippen molar-refractivity contribution < 1.29 is 4.74 Å². The van der Waals surface area contributed by atoms with E-state index >= 15 is 0 Å². The van der Waals surface area contributed by atoms with Gasteiger partial charge in [-0.1, -0.05) is 43.7 Å². The lowest BCUT2D eigenvalue weighted by atomic mass is 9.81. The summed E-state index contributed by atoms with van der Waals surface area (Å²) in [5, 5.41) is 3.48. The van der Waals surface area contributed by atoms with Crippen LogP contribution in [-0.4, -0.2) is 26.8 Å². The largest absolute Gasteiger partial charge is 0.383 e. The van der Waals surface area contributed by atoms with Gasteiger partial charge in [0.1, 0.15) is 0 Å². The number of methoxy groups -OCH3 is 1. The number of aryl methyl sites for hydroxylation is 1. The number of hydrogen-bond donors (Lipinski definition) is 1. The molecule has 0 fully saturated rings. The fraction of sp³-hybridized carbons (Fsp3) is 0.625. The molecular weight excluding hydrogens is 222 g/mol. The Morgan fingerprint density at radius 1 is 1.22 bits per heavy atom. The van der Waals surface area contributed by atoms with Crippen LogP contribution >= 0.6 is 0 Å². The summed E-state index contributed by atoms with van der Waals surface area (Å²) < 4.78 is 5.06. The molecule has 18 heavy (non-hydrogen) atoms. The van der Waals surface area contributed by atoms with Crippen LogP contribution in [0.5, 0.6) is 0 Å². The number of rotatable bonds is 8. The first-order valence-electron chi connectivity index (χ1n) is 6.85. The first-order valence-corrected chi connectivity index (χ1v) is 6.85. The van der Waals surface area contributed by atoms with Crippen LogP contribution in [0.15, 0.2) is 24.3 Å². The van der Waals surface area contributed by atoms with E-state index in [0.29, 0.717) is 5.41 Å². The minimum absolute atomic E-state index is 0.322. The molecule has 0 saturated carbocycles. The lowest BCUT2D eigenvalue weighted by Gasteiger charge is -2.29. The van der Waals surface area contributed by atoms with Gasteiger partial charge in [-0.3, -0.25) is 0 Å². The van der Waals surface area contributed by atoms with E-state index in [9.17, 15) is 0 Å². The Morgan fingerprint density at radius 3 is 2.44 bits per heavy atom. The summed E-state index contributed by atoms with van der Waals surface area (Å²) in [5.74, 6) is 0. The van der Waals surface area contributed by atoms with Gasteiger partial charge < -0.3 is 10.1 Å². The third-order valence-corrected chi connectivity index (χ3v) is 3.64. The molecule has 0 aliphatic carbocycles. The Balaban J connectivity index is 2.50. The topological polar surface area (TPSA) is 21.3 Å². The van der Waals surface area contributed by atoms with Gasteiger partial charge in [-0.05, 0) is 30.7 Å². The number of hydrogen-bond acceptors (Lipinski definition) is 2. The minimum Gasteiger partial charge on any atom is -0.383 e. The maximum absolute atomic E-state index is 5.06. The molecule has 1 unspecified atom stereocenters. The average molecular weight is 249 g/mol. The smallest absolute Gasteiger partial charge is 0.0587 e. The predicted molar refractivity (Wildman–Crippen MR) is 78.0 cm³/mol. The van der Waals surface area contributed by atoms with Gasteiger partial charge in [0.15, 0.2) is 0 Å². The van der Waals surface area contributed by atoms with Gasteiger partial charge in [0, 0.05) is 20.2 Å². The molecule has 0 aliphatic rings. The molecule has 0 spiro atoms. The molecule has 0 radical (unpaired) electrons. The zero-order chi connectivity index (χ0) is 13.4. The van der Waals surface area contributed by atoms with Gasteiger partial charge in [0.25, 0.3) is 0 Å². The SMILES string of the molecule is CCC(C)(CNCCOC)Cc1ccc(C)cc1. The predicted octanol–water partition coefficient (Wildman–Crippen LogP) is 3.19. The minimum atomic E-state index is 0.322. The van der Waals surface area contributed by atoms with Gasteiger partial charge in [0.2, 0.25) is 0 Å². The number of nitrogens with one attached hydrogen (secondary N) is 1. The highest BCUT2D eigenvalue weighted by Gasteiger charge is 2.21. The van der Waals surface area contributed by atoms with Crippen molar-refractivity contribution in [2.45, 2.75) is 33.6 Å². The summed E-state index contributed by atoms with van der Waals surface area (Å²) in [6.07, 6.45) is 2.31. The molecule has 0 amide bonds. The van der Waals surface area contributed by atoms with E-state index in [2.05, 4.69) is 50.4 Å². The molecule has 0 heterocycles. The van der Waals surface area contributed by atoms with Crippen LogP contribution in [0.3, 0.4) is 0 Å². The van der Waals surface area contributed by atoms with Gasteiger partial charge >= 0.3 is 0 Å². The monoisotopic (exact) mass is 249 g/mol. The lowest BCUT2D eigenvalue weighted by molar-refractivity contribution is 0.191. The van der Waals surface area contributed by atoms with Crippen molar-refractivity contribution in [3.8, 4) is 0 Å². The van der Waals surface area contributed by atoms with Gasteiger partial charge in [0.05, 0.1) is 6.61 Å². The van der Waals surface area contributed by atoms with Crippen molar-refractivity contribution in [3.63, 3.8) is 0 Å². The van der Waals surface area contributed by atoms with Crippen molar-refractivity contribution in [1.29, 1.82) is 0 Å². The van der Waals surface area contributed by atoms with Crippen LogP contribution < -0.4 is 5.32 Å². The molecular formula is C16H27NO. The van der Waals surface area contributed by atoms with E-state index in [1.54, 1.807) is 7.11 Å². The normalized spacial score (nSPS) is 14.4. The molecule has 0 aromatic heterocycles. The van der Waals surface area contributed by atoms with E-state index < -0.39 is 0 Å². The van der Waals surface area contributed by atoms with E-state index in [1.807, 2.05) is 0 Å². The summed E-state index contributed by atoms with van der Waals surface area (Å²) in [6, 6.07) is 8.89. The summed E-state index contributed by atoms with van der Waals surface area (Å²) in [6.45, 7) is 9.51. The summed E-state index contributed by atoms with van der Waals surface area (Å²) in [5.41, 5.74) is 3.08. The molecule has 1 atom stereocenters. The molecule has 102 valence electrons. The zero-order valence-electron chi connectivity index (χ0n) is 12.3. The van der Waals surface area contributed by atoms with Crippen molar-refractivity contribution in [1.82, 2.24) is 5.32 Å². The maximum atomic E-state index is 5.06. The molecule has 1 N–H and O–H groups in total. The van der Waals surface area contributed by atoms with Crippen molar-refractivity contribution in [3.05, 3.63) is 35.4 Å². The van der Waals surface area contributed by atoms with Gasteiger partial charge in [-0.2, -0.15) is 0 Å². The second-order valence-corrected chi connectivity index (χ2v) is 5.50. The molecule has 0 bridgehead atoms. The third-order valence-electron chi connectivity index (χ3n) is 3.64. The third kappa shape index (κ3) is 5.19. The highest BCUT2D eigenvalue weighted by Crippen LogP contribution is 2.25.